The van der Waals surface area contributed by atoms with E-state index in [0.29, 0.717) is 12.3 Å². The molecule has 1 aromatic rings. The van der Waals surface area contributed by atoms with Gasteiger partial charge >= 0.3 is 0 Å². The molecule has 3 nitrogen and oxygen atoms in total. The third-order valence-corrected chi connectivity index (χ3v) is 3.07. The molecule has 3 heteroatoms. The van der Waals surface area contributed by atoms with Crippen LogP contribution in [0.25, 0.3) is 0 Å². The van der Waals surface area contributed by atoms with Crippen molar-refractivity contribution in [3.63, 3.8) is 0 Å². The van der Waals surface area contributed by atoms with Crippen LogP contribution in [-0.4, -0.2) is 19.5 Å². The van der Waals surface area contributed by atoms with E-state index < -0.39 is 0 Å². The molecule has 0 radical (unpaired) electrons. The van der Waals surface area contributed by atoms with E-state index >= 15 is 0 Å². The molecule has 1 N–H and O–H groups in total. The van der Waals surface area contributed by atoms with Crippen molar-refractivity contribution in [3.05, 3.63) is 23.8 Å². The highest BCUT2D eigenvalue weighted by atomic mass is 16.2. The minimum atomic E-state index is 0.173. The van der Waals surface area contributed by atoms with Crippen molar-refractivity contribution in [2.45, 2.75) is 26.2 Å². The number of benzene rings is 1. The van der Waals surface area contributed by atoms with Crippen LogP contribution >= 0.6 is 0 Å². The Morgan fingerprint density at radius 1 is 1.38 bits per heavy atom. The second kappa shape index (κ2) is 4.16. The number of carbonyl (C=O) groups is 1. The fourth-order valence-electron chi connectivity index (χ4n) is 2.11. The molecule has 0 saturated heterocycles. The highest BCUT2D eigenvalue weighted by molar-refractivity contribution is 5.98. The lowest BCUT2D eigenvalue weighted by Gasteiger charge is -2.20. The molecule has 0 bridgehead atoms. The second-order valence-electron chi connectivity index (χ2n) is 4.53. The maximum absolute atomic E-state index is 11.7. The number of nitrogens with one attached hydrogen (secondary N) is 1. The van der Waals surface area contributed by atoms with E-state index in [9.17, 15) is 4.79 Å². The molecule has 0 spiro atoms. The maximum atomic E-state index is 11.7. The Morgan fingerprint density at radius 2 is 2.12 bits per heavy atom. The average molecular weight is 218 g/mol. The van der Waals surface area contributed by atoms with Gasteiger partial charge in [0.05, 0.1) is 11.4 Å². The number of fused-ring (bicyclic) bond motifs is 1. The first kappa shape index (κ1) is 11.0. The van der Waals surface area contributed by atoms with E-state index in [0.717, 1.165) is 17.9 Å². The van der Waals surface area contributed by atoms with E-state index in [1.165, 1.54) is 5.56 Å². The molecule has 0 unspecified atom stereocenters. The van der Waals surface area contributed by atoms with Crippen LogP contribution in [0.1, 0.15) is 31.7 Å². The summed E-state index contributed by atoms with van der Waals surface area (Å²) in [5, 5.41) is 3.37. The molecule has 1 heterocycles. The molecule has 1 aromatic carbocycles. The SMILES string of the molecule is CC(C)c1cccc2c1NCCC(=O)N2C. The van der Waals surface area contributed by atoms with Gasteiger partial charge in [0, 0.05) is 20.0 Å². The zero-order chi connectivity index (χ0) is 11.7. The third kappa shape index (κ3) is 1.77. The molecule has 0 saturated carbocycles. The van der Waals surface area contributed by atoms with Crippen molar-refractivity contribution in [2.75, 3.05) is 23.8 Å². The summed E-state index contributed by atoms with van der Waals surface area (Å²) in [4.78, 5) is 13.5. The van der Waals surface area contributed by atoms with Crippen LogP contribution in [-0.2, 0) is 4.79 Å². The minimum absolute atomic E-state index is 0.173. The number of carbonyl (C=O) groups excluding carboxylic acids is 1. The predicted octanol–water partition coefficient (Wildman–Crippen LogP) is 2.59. The number of rotatable bonds is 1. The van der Waals surface area contributed by atoms with Gasteiger partial charge in [0.25, 0.3) is 0 Å². The maximum Gasteiger partial charge on any atom is 0.228 e. The van der Waals surface area contributed by atoms with Crippen LogP contribution in [0.2, 0.25) is 0 Å². The summed E-state index contributed by atoms with van der Waals surface area (Å²) in [6.45, 7) is 5.06. The summed E-state index contributed by atoms with van der Waals surface area (Å²) in [5.74, 6) is 0.635. The molecular formula is C13H18N2O. The van der Waals surface area contributed by atoms with Crippen LogP contribution < -0.4 is 10.2 Å². The van der Waals surface area contributed by atoms with E-state index in [4.69, 9.17) is 0 Å². The van der Waals surface area contributed by atoms with Gasteiger partial charge < -0.3 is 10.2 Å². The number of hydrogen-bond donors (Lipinski definition) is 1. The lowest BCUT2D eigenvalue weighted by Crippen LogP contribution is -2.25. The first-order chi connectivity index (χ1) is 7.61. The van der Waals surface area contributed by atoms with Gasteiger partial charge in [0.15, 0.2) is 0 Å². The van der Waals surface area contributed by atoms with Crippen LogP contribution in [0.3, 0.4) is 0 Å². The van der Waals surface area contributed by atoms with Gasteiger partial charge in [0.1, 0.15) is 0 Å². The van der Waals surface area contributed by atoms with Crippen molar-refractivity contribution in [3.8, 4) is 0 Å². The van der Waals surface area contributed by atoms with Crippen molar-refractivity contribution in [2.24, 2.45) is 0 Å². The van der Waals surface area contributed by atoms with Crippen molar-refractivity contribution in [1.82, 2.24) is 0 Å². The average Bonchev–Trinajstić information content (AvgIpc) is 2.40. The third-order valence-electron chi connectivity index (χ3n) is 3.07. The highest BCUT2D eigenvalue weighted by Gasteiger charge is 2.20. The largest absolute Gasteiger partial charge is 0.383 e. The molecule has 1 aliphatic rings. The van der Waals surface area contributed by atoms with Crippen LogP contribution in [0.4, 0.5) is 11.4 Å². The summed E-state index contributed by atoms with van der Waals surface area (Å²) in [6.07, 6.45) is 0.558. The zero-order valence-corrected chi connectivity index (χ0v) is 10.1. The highest BCUT2D eigenvalue weighted by Crippen LogP contribution is 2.34. The van der Waals surface area contributed by atoms with Crippen molar-refractivity contribution in [1.29, 1.82) is 0 Å². The molecule has 1 aliphatic heterocycles. The van der Waals surface area contributed by atoms with Gasteiger partial charge in [-0.05, 0) is 17.5 Å². The summed E-state index contributed by atoms with van der Waals surface area (Å²) >= 11 is 0. The van der Waals surface area contributed by atoms with E-state index in [2.05, 4.69) is 25.2 Å². The molecule has 86 valence electrons. The molecule has 0 fully saturated rings. The summed E-state index contributed by atoms with van der Waals surface area (Å²) in [6, 6.07) is 6.14. The Kier molecular flexibility index (Phi) is 2.86. The van der Waals surface area contributed by atoms with Gasteiger partial charge in [-0.25, -0.2) is 0 Å². The number of para-hydroxylation sites is 1. The first-order valence-corrected chi connectivity index (χ1v) is 5.74. The smallest absolute Gasteiger partial charge is 0.228 e. The summed E-state index contributed by atoms with van der Waals surface area (Å²) < 4.78 is 0. The summed E-state index contributed by atoms with van der Waals surface area (Å²) in [7, 11) is 1.85. The molecule has 0 aromatic heterocycles. The van der Waals surface area contributed by atoms with Gasteiger partial charge in [-0.15, -0.1) is 0 Å². The van der Waals surface area contributed by atoms with E-state index in [-0.39, 0.29) is 5.91 Å². The molecule has 1 amide bonds. The number of hydrogen-bond acceptors (Lipinski definition) is 2. The van der Waals surface area contributed by atoms with Crippen LogP contribution in [0, 0.1) is 0 Å². The lowest BCUT2D eigenvalue weighted by molar-refractivity contribution is -0.118. The minimum Gasteiger partial charge on any atom is -0.383 e. The molecule has 16 heavy (non-hydrogen) atoms. The van der Waals surface area contributed by atoms with Gasteiger partial charge in [-0.3, -0.25) is 4.79 Å². The van der Waals surface area contributed by atoms with Crippen molar-refractivity contribution < 1.29 is 4.79 Å². The topological polar surface area (TPSA) is 32.3 Å². The Labute approximate surface area is 96.5 Å². The van der Waals surface area contributed by atoms with Gasteiger partial charge in [-0.2, -0.15) is 0 Å². The standard InChI is InChI=1S/C13H18N2O/c1-9(2)10-5-4-6-11-13(10)14-8-7-12(16)15(11)3/h4-6,9,14H,7-8H2,1-3H3. The zero-order valence-electron chi connectivity index (χ0n) is 10.1. The molecule has 2 rings (SSSR count). The normalized spacial score (nSPS) is 15.8. The number of anilines is 2. The first-order valence-electron chi connectivity index (χ1n) is 5.74. The predicted molar refractivity (Wildman–Crippen MR) is 67.0 cm³/mol. The Morgan fingerprint density at radius 3 is 2.81 bits per heavy atom. The lowest BCUT2D eigenvalue weighted by atomic mass is 10.00. The number of nitrogens with zero attached hydrogens (tertiary/aromatic N) is 1. The molecule has 0 atom stereocenters. The molecular weight excluding hydrogens is 200 g/mol. The Balaban J connectivity index is 2.53. The Hall–Kier alpha value is -1.51. The van der Waals surface area contributed by atoms with Gasteiger partial charge in [0.2, 0.25) is 5.91 Å². The number of amides is 1. The molecule has 0 aliphatic carbocycles. The van der Waals surface area contributed by atoms with E-state index in [1.807, 2.05) is 19.2 Å². The quantitative estimate of drug-likeness (QED) is 0.785. The van der Waals surface area contributed by atoms with E-state index in [1.54, 1.807) is 4.90 Å². The van der Waals surface area contributed by atoms with Crippen molar-refractivity contribution >= 4 is 17.3 Å². The fraction of sp³-hybridized carbons (Fsp3) is 0.462. The second-order valence-corrected chi connectivity index (χ2v) is 4.53. The fourth-order valence-corrected chi connectivity index (χ4v) is 2.11. The van der Waals surface area contributed by atoms with Crippen LogP contribution in [0.5, 0.6) is 0 Å². The monoisotopic (exact) mass is 218 g/mol. The summed E-state index contributed by atoms with van der Waals surface area (Å²) in [5.41, 5.74) is 3.39. The Bertz CT molecular complexity index is 412. The van der Waals surface area contributed by atoms with Crippen LogP contribution in [0.15, 0.2) is 18.2 Å². The van der Waals surface area contributed by atoms with Gasteiger partial charge in [-0.1, -0.05) is 26.0 Å².